The van der Waals surface area contributed by atoms with Crippen molar-refractivity contribution in [3.05, 3.63) is 57.0 Å². The van der Waals surface area contributed by atoms with E-state index in [1.807, 2.05) is 24.4 Å². The summed E-state index contributed by atoms with van der Waals surface area (Å²) in [6.07, 6.45) is 2.75. The fourth-order valence-electron chi connectivity index (χ4n) is 2.19. The number of amides is 1. The molecule has 2 N–H and O–H groups in total. The normalized spacial score (nSPS) is 11.0. The lowest BCUT2D eigenvalue weighted by atomic mass is 10.1. The van der Waals surface area contributed by atoms with Gasteiger partial charge in [0.2, 0.25) is 0 Å². The molecule has 0 unspecified atom stereocenters. The van der Waals surface area contributed by atoms with E-state index in [1.54, 1.807) is 6.07 Å². The minimum Gasteiger partial charge on any atom is -0.443 e. The van der Waals surface area contributed by atoms with E-state index in [1.165, 1.54) is 10.9 Å². The summed E-state index contributed by atoms with van der Waals surface area (Å²) in [5, 5.41) is 4.04. The topological polar surface area (TPSA) is 58.0 Å². The minimum absolute atomic E-state index is 0.221. The van der Waals surface area contributed by atoms with Gasteiger partial charge in [-0.1, -0.05) is 18.2 Å². The number of aromatic nitrogens is 1. The Kier molecular flexibility index (Phi) is 4.17. The third kappa shape index (κ3) is 3.06. The van der Waals surface area contributed by atoms with Crippen molar-refractivity contribution in [2.75, 3.05) is 6.54 Å². The van der Waals surface area contributed by atoms with Crippen molar-refractivity contribution in [1.29, 1.82) is 0 Å². The molecule has 0 saturated carbocycles. The Labute approximate surface area is 138 Å². The molecule has 1 aromatic carbocycles. The van der Waals surface area contributed by atoms with E-state index in [2.05, 4.69) is 48.2 Å². The highest BCUT2D eigenvalue weighted by atomic mass is 79.9. The van der Waals surface area contributed by atoms with Crippen molar-refractivity contribution in [3.8, 4) is 0 Å². The van der Waals surface area contributed by atoms with Gasteiger partial charge in [-0.3, -0.25) is 4.79 Å². The second-order valence-corrected chi connectivity index (χ2v) is 6.17. The summed E-state index contributed by atoms with van der Waals surface area (Å²) in [5.41, 5.74) is 2.30. The van der Waals surface area contributed by atoms with E-state index in [0.29, 0.717) is 11.2 Å². The highest BCUT2D eigenvalue weighted by Crippen LogP contribution is 2.26. The fraction of sp³-hybridized carbons (Fsp3) is 0.133. The molecule has 21 heavy (non-hydrogen) atoms. The average Bonchev–Trinajstić information content (AvgIpc) is 3.04. The van der Waals surface area contributed by atoms with Crippen LogP contribution in [0.25, 0.3) is 10.9 Å². The van der Waals surface area contributed by atoms with Gasteiger partial charge in [0.05, 0.1) is 4.47 Å². The molecule has 6 heteroatoms. The minimum atomic E-state index is -0.221. The van der Waals surface area contributed by atoms with Crippen LogP contribution in [0.1, 0.15) is 16.1 Å². The Morgan fingerprint density at radius 1 is 1.29 bits per heavy atom. The van der Waals surface area contributed by atoms with Crippen molar-refractivity contribution in [2.24, 2.45) is 0 Å². The van der Waals surface area contributed by atoms with Gasteiger partial charge < -0.3 is 14.7 Å². The maximum atomic E-state index is 11.9. The lowest BCUT2D eigenvalue weighted by molar-refractivity contribution is 0.0925. The van der Waals surface area contributed by atoms with Crippen LogP contribution in [0.5, 0.6) is 0 Å². The molecular formula is C15H12Br2N2O2. The first-order chi connectivity index (χ1) is 10.1. The van der Waals surface area contributed by atoms with Crippen LogP contribution >= 0.6 is 31.9 Å². The summed E-state index contributed by atoms with van der Waals surface area (Å²) in [6.45, 7) is 0.552. The number of H-pyrrole nitrogens is 1. The highest BCUT2D eigenvalue weighted by Gasteiger charge is 2.13. The molecule has 108 valence electrons. The molecule has 0 aliphatic heterocycles. The Bertz CT molecular complexity index is 772. The van der Waals surface area contributed by atoms with Crippen molar-refractivity contribution in [3.63, 3.8) is 0 Å². The maximum Gasteiger partial charge on any atom is 0.287 e. The van der Waals surface area contributed by atoms with Crippen LogP contribution in [0.3, 0.4) is 0 Å². The van der Waals surface area contributed by atoms with Crippen molar-refractivity contribution in [2.45, 2.75) is 6.42 Å². The van der Waals surface area contributed by atoms with Crippen molar-refractivity contribution in [1.82, 2.24) is 10.3 Å². The monoisotopic (exact) mass is 410 g/mol. The molecule has 0 atom stereocenters. The van der Waals surface area contributed by atoms with Gasteiger partial charge >= 0.3 is 0 Å². The SMILES string of the molecule is O=C(NCCc1c[nH]c2ccccc12)c1cc(Br)c(Br)o1. The third-order valence-corrected chi connectivity index (χ3v) is 4.93. The lowest BCUT2D eigenvalue weighted by Gasteiger charge is -2.02. The molecule has 2 aromatic heterocycles. The second-order valence-electron chi connectivity index (χ2n) is 4.60. The molecule has 1 amide bonds. The zero-order valence-corrected chi connectivity index (χ0v) is 14.1. The van der Waals surface area contributed by atoms with Crippen LogP contribution in [0.4, 0.5) is 0 Å². The molecule has 3 aromatic rings. The van der Waals surface area contributed by atoms with Gasteiger partial charge in [0.15, 0.2) is 10.4 Å². The number of para-hydroxylation sites is 1. The number of aromatic amines is 1. The smallest absolute Gasteiger partial charge is 0.287 e. The predicted octanol–water partition coefficient (Wildman–Crippen LogP) is 4.26. The Morgan fingerprint density at radius 3 is 2.86 bits per heavy atom. The molecule has 0 saturated heterocycles. The number of rotatable bonds is 4. The Hall–Kier alpha value is -1.53. The highest BCUT2D eigenvalue weighted by molar-refractivity contribution is 9.13. The number of carbonyl (C=O) groups excluding carboxylic acids is 1. The van der Waals surface area contributed by atoms with E-state index in [-0.39, 0.29) is 11.7 Å². The van der Waals surface area contributed by atoms with Gasteiger partial charge in [0, 0.05) is 29.7 Å². The summed E-state index contributed by atoms with van der Waals surface area (Å²) >= 11 is 6.50. The number of carbonyl (C=O) groups is 1. The van der Waals surface area contributed by atoms with Crippen molar-refractivity contribution >= 4 is 48.7 Å². The average molecular weight is 412 g/mol. The van der Waals surface area contributed by atoms with Crippen molar-refractivity contribution < 1.29 is 9.21 Å². The molecule has 0 bridgehead atoms. The van der Waals surface area contributed by atoms with Crippen LogP contribution in [0.2, 0.25) is 0 Å². The standard InChI is InChI=1S/C15H12Br2N2O2/c16-11-7-13(21-14(11)17)15(20)18-6-5-9-8-19-12-4-2-1-3-10(9)12/h1-4,7-8,19H,5-6H2,(H,18,20). The maximum absolute atomic E-state index is 11.9. The summed E-state index contributed by atoms with van der Waals surface area (Å²) in [6, 6.07) is 9.76. The van der Waals surface area contributed by atoms with E-state index in [0.717, 1.165) is 16.4 Å². The van der Waals surface area contributed by atoms with E-state index in [4.69, 9.17) is 4.42 Å². The van der Waals surface area contributed by atoms with Crippen LogP contribution in [-0.2, 0) is 6.42 Å². The van der Waals surface area contributed by atoms with E-state index in [9.17, 15) is 4.79 Å². The molecule has 0 radical (unpaired) electrons. The van der Waals surface area contributed by atoms with E-state index >= 15 is 0 Å². The molecule has 4 nitrogen and oxygen atoms in total. The molecule has 0 fully saturated rings. The first-order valence-electron chi connectivity index (χ1n) is 6.43. The van der Waals surface area contributed by atoms with Crippen LogP contribution in [0, 0.1) is 0 Å². The molecule has 0 aliphatic rings. The molecule has 0 aliphatic carbocycles. The first-order valence-corrected chi connectivity index (χ1v) is 8.02. The number of halogens is 2. The predicted molar refractivity (Wildman–Crippen MR) is 88.4 cm³/mol. The zero-order valence-electron chi connectivity index (χ0n) is 11.0. The molecule has 2 heterocycles. The number of benzene rings is 1. The number of hydrogen-bond donors (Lipinski definition) is 2. The summed E-state index contributed by atoms with van der Waals surface area (Å²) < 4.78 is 6.53. The fourth-order valence-corrected chi connectivity index (χ4v) is 2.77. The van der Waals surface area contributed by atoms with Crippen LogP contribution < -0.4 is 5.32 Å². The third-order valence-electron chi connectivity index (χ3n) is 3.22. The molecule has 3 rings (SSSR count). The van der Waals surface area contributed by atoms with Gasteiger partial charge in [0.25, 0.3) is 5.91 Å². The summed E-state index contributed by atoms with van der Waals surface area (Å²) in [4.78, 5) is 15.2. The quantitative estimate of drug-likeness (QED) is 0.673. The first kappa shape index (κ1) is 14.4. The number of nitrogens with one attached hydrogen (secondary N) is 2. The Morgan fingerprint density at radius 2 is 2.10 bits per heavy atom. The van der Waals surface area contributed by atoms with Crippen LogP contribution in [-0.4, -0.2) is 17.4 Å². The van der Waals surface area contributed by atoms with Crippen LogP contribution in [0.15, 0.2) is 50.1 Å². The number of hydrogen-bond acceptors (Lipinski definition) is 2. The van der Waals surface area contributed by atoms with Gasteiger partial charge in [-0.2, -0.15) is 0 Å². The summed E-state index contributed by atoms with van der Waals surface area (Å²) in [7, 11) is 0. The van der Waals surface area contributed by atoms with Gasteiger partial charge in [0.1, 0.15) is 0 Å². The number of fused-ring (bicyclic) bond motifs is 1. The van der Waals surface area contributed by atoms with Gasteiger partial charge in [-0.15, -0.1) is 0 Å². The summed E-state index contributed by atoms with van der Waals surface area (Å²) in [5.74, 6) is 0.0638. The van der Waals surface area contributed by atoms with E-state index < -0.39 is 0 Å². The largest absolute Gasteiger partial charge is 0.443 e. The lowest BCUT2D eigenvalue weighted by Crippen LogP contribution is -2.25. The van der Waals surface area contributed by atoms with Gasteiger partial charge in [-0.05, 0) is 49.9 Å². The molecular weight excluding hydrogens is 400 g/mol. The van der Waals surface area contributed by atoms with Gasteiger partial charge in [-0.25, -0.2) is 0 Å². The Balaban J connectivity index is 1.62. The zero-order chi connectivity index (χ0) is 14.8. The molecule has 0 spiro atoms. The second kappa shape index (κ2) is 6.07. The number of furan rings is 1.